The van der Waals surface area contributed by atoms with Gasteiger partial charge < -0.3 is 10.6 Å². The fourth-order valence-electron chi connectivity index (χ4n) is 2.43. The second kappa shape index (κ2) is 6.63. The van der Waals surface area contributed by atoms with Crippen molar-refractivity contribution in [3.05, 3.63) is 29.8 Å². The van der Waals surface area contributed by atoms with Crippen molar-refractivity contribution < 1.29 is 9.59 Å². The van der Waals surface area contributed by atoms with Crippen LogP contribution in [0.3, 0.4) is 0 Å². The number of likely N-dealkylation sites (N-methyl/N-ethyl adjacent to an activating group) is 1. The van der Waals surface area contributed by atoms with Crippen LogP contribution in [0.4, 0.5) is 5.69 Å². The summed E-state index contributed by atoms with van der Waals surface area (Å²) in [5, 5.41) is 6.07. The van der Waals surface area contributed by atoms with Crippen molar-refractivity contribution in [2.24, 2.45) is 0 Å². The van der Waals surface area contributed by atoms with E-state index in [1.807, 2.05) is 7.05 Å². The first-order valence-electron chi connectivity index (χ1n) is 6.89. The summed E-state index contributed by atoms with van der Waals surface area (Å²) in [6, 6.07) is 7.50. The summed E-state index contributed by atoms with van der Waals surface area (Å²) in [4.78, 5) is 25.4. The number of rotatable bonds is 5. The van der Waals surface area contributed by atoms with Gasteiger partial charge >= 0.3 is 0 Å². The molecule has 1 aliphatic rings. The van der Waals surface area contributed by atoms with E-state index in [1.54, 1.807) is 24.3 Å². The number of ketones is 1. The second-order valence-corrected chi connectivity index (χ2v) is 5.19. The lowest BCUT2D eigenvalue weighted by Crippen LogP contribution is -2.34. The first-order valence-corrected chi connectivity index (χ1v) is 6.89. The van der Waals surface area contributed by atoms with E-state index in [1.165, 1.54) is 6.92 Å². The zero-order valence-corrected chi connectivity index (χ0v) is 12.0. The average molecular weight is 275 g/mol. The Kier molecular flexibility index (Phi) is 4.87. The largest absolute Gasteiger partial charge is 0.325 e. The highest BCUT2D eigenvalue weighted by Gasteiger charge is 2.22. The monoisotopic (exact) mass is 275 g/mol. The van der Waals surface area contributed by atoms with Crippen molar-refractivity contribution in [3.63, 3.8) is 0 Å². The summed E-state index contributed by atoms with van der Waals surface area (Å²) in [7, 11) is 1.95. The summed E-state index contributed by atoms with van der Waals surface area (Å²) >= 11 is 0. The summed E-state index contributed by atoms with van der Waals surface area (Å²) in [5.74, 6) is -0.0417. The van der Waals surface area contributed by atoms with Crippen molar-refractivity contribution in [2.45, 2.75) is 19.4 Å². The van der Waals surface area contributed by atoms with Crippen LogP contribution in [-0.4, -0.2) is 49.3 Å². The van der Waals surface area contributed by atoms with Gasteiger partial charge in [-0.25, -0.2) is 0 Å². The van der Waals surface area contributed by atoms with Crippen LogP contribution in [0.25, 0.3) is 0 Å². The zero-order chi connectivity index (χ0) is 14.5. The Morgan fingerprint density at radius 1 is 1.40 bits per heavy atom. The maximum Gasteiger partial charge on any atom is 0.238 e. The van der Waals surface area contributed by atoms with Crippen molar-refractivity contribution >= 4 is 17.4 Å². The second-order valence-electron chi connectivity index (χ2n) is 5.19. The van der Waals surface area contributed by atoms with Gasteiger partial charge in [0, 0.05) is 30.4 Å². The highest BCUT2D eigenvalue weighted by Crippen LogP contribution is 2.12. The number of benzene rings is 1. The number of hydrogen-bond acceptors (Lipinski definition) is 4. The molecule has 2 N–H and O–H groups in total. The number of likely N-dealkylation sites (tertiary alicyclic amines) is 1. The zero-order valence-electron chi connectivity index (χ0n) is 12.0. The molecule has 0 aromatic heterocycles. The van der Waals surface area contributed by atoms with Crippen LogP contribution in [0.15, 0.2) is 24.3 Å². The van der Waals surface area contributed by atoms with E-state index >= 15 is 0 Å². The molecular weight excluding hydrogens is 254 g/mol. The lowest BCUT2D eigenvalue weighted by atomic mass is 10.1. The predicted molar refractivity (Wildman–Crippen MR) is 79.0 cm³/mol. The van der Waals surface area contributed by atoms with E-state index < -0.39 is 0 Å². The minimum Gasteiger partial charge on any atom is -0.325 e. The molecule has 0 aliphatic carbocycles. The SMILES string of the molecule is CNC1CCN(CC(=O)Nc2cccc(C(C)=O)c2)C1. The molecule has 2 rings (SSSR count). The molecule has 1 fully saturated rings. The third kappa shape index (κ3) is 3.88. The Balaban J connectivity index is 1.88. The third-order valence-electron chi connectivity index (χ3n) is 3.60. The molecule has 0 spiro atoms. The molecule has 5 heteroatoms. The summed E-state index contributed by atoms with van der Waals surface area (Å²) < 4.78 is 0. The Bertz CT molecular complexity index is 502. The highest BCUT2D eigenvalue weighted by molar-refractivity contribution is 5.97. The van der Waals surface area contributed by atoms with Gasteiger partial charge in [-0.2, -0.15) is 0 Å². The number of anilines is 1. The van der Waals surface area contributed by atoms with E-state index in [0.717, 1.165) is 19.5 Å². The van der Waals surface area contributed by atoms with Crippen LogP contribution in [0.1, 0.15) is 23.7 Å². The van der Waals surface area contributed by atoms with Crippen LogP contribution in [-0.2, 0) is 4.79 Å². The Labute approximate surface area is 119 Å². The number of hydrogen-bond donors (Lipinski definition) is 2. The van der Waals surface area contributed by atoms with Gasteiger partial charge in [0.05, 0.1) is 6.54 Å². The van der Waals surface area contributed by atoms with Gasteiger partial charge in [0.15, 0.2) is 5.78 Å². The smallest absolute Gasteiger partial charge is 0.238 e. The molecule has 1 atom stereocenters. The lowest BCUT2D eigenvalue weighted by molar-refractivity contribution is -0.117. The van der Waals surface area contributed by atoms with Gasteiger partial charge in [0.1, 0.15) is 0 Å². The van der Waals surface area contributed by atoms with Gasteiger partial charge in [-0.1, -0.05) is 12.1 Å². The first-order chi connectivity index (χ1) is 9.58. The van der Waals surface area contributed by atoms with Gasteiger partial charge in [-0.05, 0) is 32.5 Å². The number of nitrogens with one attached hydrogen (secondary N) is 2. The highest BCUT2D eigenvalue weighted by atomic mass is 16.2. The van der Waals surface area contributed by atoms with Crippen LogP contribution in [0.2, 0.25) is 0 Å². The van der Waals surface area contributed by atoms with Crippen molar-refractivity contribution in [1.82, 2.24) is 10.2 Å². The van der Waals surface area contributed by atoms with Crippen LogP contribution in [0.5, 0.6) is 0 Å². The molecule has 1 unspecified atom stereocenters. The lowest BCUT2D eigenvalue weighted by Gasteiger charge is -2.15. The topological polar surface area (TPSA) is 61.4 Å². The van der Waals surface area contributed by atoms with Crippen LogP contribution < -0.4 is 10.6 Å². The van der Waals surface area contributed by atoms with Crippen LogP contribution >= 0.6 is 0 Å². The number of amides is 1. The molecule has 0 bridgehead atoms. The molecule has 1 aromatic rings. The molecule has 20 heavy (non-hydrogen) atoms. The Hall–Kier alpha value is -1.72. The van der Waals surface area contributed by atoms with Crippen molar-refractivity contribution in [2.75, 3.05) is 32.0 Å². The van der Waals surface area contributed by atoms with Gasteiger partial charge in [0.25, 0.3) is 0 Å². The van der Waals surface area contributed by atoms with Gasteiger partial charge in [-0.15, -0.1) is 0 Å². The third-order valence-corrected chi connectivity index (χ3v) is 3.60. The predicted octanol–water partition coefficient (Wildman–Crippen LogP) is 1.12. The standard InChI is InChI=1S/C15H21N3O2/c1-11(19)12-4-3-5-13(8-12)17-15(20)10-18-7-6-14(9-18)16-2/h3-5,8,14,16H,6-7,9-10H2,1-2H3,(H,17,20). The molecule has 0 saturated carbocycles. The van der Waals surface area contributed by atoms with E-state index in [2.05, 4.69) is 15.5 Å². The minimum atomic E-state index is -0.0394. The number of carbonyl (C=O) groups is 2. The van der Waals surface area contributed by atoms with Crippen molar-refractivity contribution in [1.29, 1.82) is 0 Å². The van der Waals surface area contributed by atoms with E-state index in [-0.39, 0.29) is 11.7 Å². The molecule has 108 valence electrons. The van der Waals surface area contributed by atoms with Crippen LogP contribution in [0, 0.1) is 0 Å². The normalized spacial score (nSPS) is 19.0. The van der Waals surface area contributed by atoms with E-state index in [4.69, 9.17) is 0 Å². The molecule has 1 aliphatic heterocycles. The number of nitrogens with zero attached hydrogens (tertiary/aromatic N) is 1. The molecule has 5 nitrogen and oxygen atoms in total. The number of Topliss-reactive ketones (excluding diaryl/α,β-unsaturated/α-hetero) is 1. The number of carbonyl (C=O) groups excluding carboxylic acids is 2. The van der Waals surface area contributed by atoms with Gasteiger partial charge in [-0.3, -0.25) is 14.5 Å². The molecular formula is C15H21N3O2. The molecule has 1 amide bonds. The van der Waals surface area contributed by atoms with E-state index in [9.17, 15) is 9.59 Å². The Morgan fingerprint density at radius 2 is 2.20 bits per heavy atom. The molecule has 1 saturated heterocycles. The quantitative estimate of drug-likeness (QED) is 0.791. The molecule has 1 aromatic carbocycles. The van der Waals surface area contributed by atoms with Gasteiger partial charge in [0.2, 0.25) is 5.91 Å². The summed E-state index contributed by atoms with van der Waals surface area (Å²) in [6.45, 7) is 3.75. The molecule has 1 heterocycles. The minimum absolute atomic E-state index is 0.00231. The summed E-state index contributed by atoms with van der Waals surface area (Å²) in [5.41, 5.74) is 1.28. The fraction of sp³-hybridized carbons (Fsp3) is 0.467. The van der Waals surface area contributed by atoms with E-state index in [0.29, 0.717) is 23.8 Å². The maximum absolute atomic E-state index is 12.0. The summed E-state index contributed by atoms with van der Waals surface area (Å²) in [6.07, 6.45) is 1.07. The molecule has 0 radical (unpaired) electrons. The average Bonchev–Trinajstić information content (AvgIpc) is 2.86. The maximum atomic E-state index is 12.0. The fourth-order valence-corrected chi connectivity index (χ4v) is 2.43. The van der Waals surface area contributed by atoms with Crippen molar-refractivity contribution in [3.8, 4) is 0 Å². The first kappa shape index (κ1) is 14.7. The Morgan fingerprint density at radius 3 is 2.85 bits per heavy atom.